The first-order valence-electron chi connectivity index (χ1n) is 8.83. The molecule has 2 fully saturated rings. The van der Waals surface area contributed by atoms with Crippen molar-refractivity contribution in [2.24, 2.45) is 5.41 Å². The Balaban J connectivity index is 1.54. The van der Waals surface area contributed by atoms with E-state index >= 15 is 0 Å². The molecule has 0 atom stereocenters. The van der Waals surface area contributed by atoms with E-state index in [1.807, 2.05) is 23.1 Å². The summed E-state index contributed by atoms with van der Waals surface area (Å²) in [6.07, 6.45) is 3.26. The lowest BCUT2D eigenvalue weighted by molar-refractivity contribution is 0.0600. The number of likely N-dealkylation sites (tertiary alicyclic amines) is 1. The summed E-state index contributed by atoms with van der Waals surface area (Å²) < 4.78 is 1.29. The predicted molar refractivity (Wildman–Crippen MR) is 94.9 cm³/mol. The number of piperidine rings is 1. The summed E-state index contributed by atoms with van der Waals surface area (Å²) >= 11 is 0. The Bertz CT molecular complexity index is 815. The molecule has 4 rings (SSSR count). The molecule has 0 aliphatic carbocycles. The highest BCUT2D eigenvalue weighted by molar-refractivity contribution is 5.92. The van der Waals surface area contributed by atoms with Crippen molar-refractivity contribution in [1.82, 2.24) is 20.0 Å². The van der Waals surface area contributed by atoms with Gasteiger partial charge in [-0.1, -0.05) is 18.2 Å². The summed E-state index contributed by atoms with van der Waals surface area (Å²) in [6.45, 7) is 3.66. The standard InChI is InChI=1S/C19H22N4O2/c24-17-7-6-16(21-23(17)15-4-2-1-3-5-15)18(25)22-12-9-19(10-13-22)8-11-20-14-19/h1-7,20H,8-14H2. The van der Waals surface area contributed by atoms with Gasteiger partial charge in [0.05, 0.1) is 5.69 Å². The van der Waals surface area contributed by atoms with E-state index in [0.29, 0.717) is 16.8 Å². The van der Waals surface area contributed by atoms with E-state index in [2.05, 4.69) is 10.4 Å². The number of nitrogens with one attached hydrogen (secondary N) is 1. The third-order valence-electron chi connectivity index (χ3n) is 5.46. The lowest BCUT2D eigenvalue weighted by Gasteiger charge is -2.38. The zero-order chi connectivity index (χ0) is 17.3. The molecule has 1 aromatic carbocycles. The van der Waals surface area contributed by atoms with E-state index in [0.717, 1.165) is 39.0 Å². The van der Waals surface area contributed by atoms with Gasteiger partial charge < -0.3 is 10.2 Å². The number of nitrogens with zero attached hydrogens (tertiary/aromatic N) is 3. The van der Waals surface area contributed by atoms with Crippen LogP contribution in [-0.4, -0.2) is 46.8 Å². The maximum atomic E-state index is 12.8. The largest absolute Gasteiger partial charge is 0.337 e. The number of amides is 1. The van der Waals surface area contributed by atoms with Crippen LogP contribution in [0.1, 0.15) is 29.8 Å². The minimum Gasteiger partial charge on any atom is -0.337 e. The van der Waals surface area contributed by atoms with E-state index < -0.39 is 0 Å². The maximum Gasteiger partial charge on any atom is 0.274 e. The average Bonchev–Trinajstić information content (AvgIpc) is 3.11. The topological polar surface area (TPSA) is 67.2 Å². The molecule has 0 radical (unpaired) electrons. The number of hydrogen-bond donors (Lipinski definition) is 1. The molecular formula is C19H22N4O2. The molecule has 6 heteroatoms. The van der Waals surface area contributed by atoms with Crippen molar-refractivity contribution in [2.45, 2.75) is 19.3 Å². The molecular weight excluding hydrogens is 316 g/mol. The van der Waals surface area contributed by atoms with E-state index in [1.54, 1.807) is 12.1 Å². The molecule has 2 saturated heterocycles. The number of benzene rings is 1. The minimum absolute atomic E-state index is 0.0921. The van der Waals surface area contributed by atoms with Crippen LogP contribution in [0.15, 0.2) is 47.3 Å². The quantitative estimate of drug-likeness (QED) is 0.900. The van der Waals surface area contributed by atoms with E-state index in [-0.39, 0.29) is 11.5 Å². The van der Waals surface area contributed by atoms with Crippen LogP contribution in [0, 0.1) is 5.41 Å². The number of para-hydroxylation sites is 1. The Labute approximate surface area is 146 Å². The molecule has 2 aliphatic heterocycles. The molecule has 1 amide bonds. The zero-order valence-electron chi connectivity index (χ0n) is 14.1. The Morgan fingerprint density at radius 2 is 1.80 bits per heavy atom. The lowest BCUT2D eigenvalue weighted by Crippen LogP contribution is -2.44. The van der Waals surface area contributed by atoms with Gasteiger partial charge in [-0.2, -0.15) is 9.78 Å². The molecule has 1 N–H and O–H groups in total. The number of aromatic nitrogens is 2. The fraction of sp³-hybridized carbons (Fsp3) is 0.421. The summed E-state index contributed by atoms with van der Waals surface area (Å²) in [6, 6.07) is 12.1. The van der Waals surface area contributed by atoms with Crippen LogP contribution in [0.25, 0.3) is 5.69 Å². The number of rotatable bonds is 2. The predicted octanol–water partition coefficient (Wildman–Crippen LogP) is 1.45. The van der Waals surface area contributed by atoms with Gasteiger partial charge in [0, 0.05) is 25.7 Å². The number of carbonyl (C=O) groups is 1. The van der Waals surface area contributed by atoms with Crippen LogP contribution in [0.4, 0.5) is 0 Å². The van der Waals surface area contributed by atoms with Crippen LogP contribution >= 0.6 is 0 Å². The van der Waals surface area contributed by atoms with Crippen molar-refractivity contribution < 1.29 is 4.79 Å². The van der Waals surface area contributed by atoms with Crippen molar-refractivity contribution >= 4 is 5.91 Å². The second kappa shape index (κ2) is 6.44. The normalized spacial score (nSPS) is 19.3. The van der Waals surface area contributed by atoms with E-state index in [1.165, 1.54) is 23.2 Å². The SMILES string of the molecule is O=C(c1ccc(=O)n(-c2ccccc2)n1)N1CCC2(CCNC2)CC1. The van der Waals surface area contributed by atoms with Gasteiger partial charge in [0.25, 0.3) is 11.5 Å². The molecule has 6 nitrogen and oxygen atoms in total. The van der Waals surface area contributed by atoms with Crippen LogP contribution in [-0.2, 0) is 0 Å². The molecule has 0 saturated carbocycles. The van der Waals surface area contributed by atoms with Gasteiger partial charge in [0.1, 0.15) is 5.69 Å². The second-order valence-electron chi connectivity index (χ2n) is 7.02. The zero-order valence-corrected chi connectivity index (χ0v) is 14.1. The van der Waals surface area contributed by atoms with Gasteiger partial charge >= 0.3 is 0 Å². The summed E-state index contributed by atoms with van der Waals surface area (Å²) in [5.74, 6) is -0.0921. The summed E-state index contributed by atoms with van der Waals surface area (Å²) in [5.41, 5.74) is 1.12. The first kappa shape index (κ1) is 16.0. The van der Waals surface area contributed by atoms with Crippen LogP contribution in [0.3, 0.4) is 0 Å². The Kier molecular flexibility index (Phi) is 4.13. The van der Waals surface area contributed by atoms with E-state index in [4.69, 9.17) is 0 Å². The van der Waals surface area contributed by atoms with Crippen molar-refractivity contribution in [3.05, 3.63) is 58.5 Å². The first-order chi connectivity index (χ1) is 12.2. The minimum atomic E-state index is -0.239. The van der Waals surface area contributed by atoms with Crippen molar-refractivity contribution in [2.75, 3.05) is 26.2 Å². The molecule has 1 spiro atoms. The smallest absolute Gasteiger partial charge is 0.274 e. The van der Waals surface area contributed by atoms with Gasteiger partial charge in [0.15, 0.2) is 0 Å². The summed E-state index contributed by atoms with van der Waals surface area (Å²) in [4.78, 5) is 26.8. The molecule has 25 heavy (non-hydrogen) atoms. The number of hydrogen-bond acceptors (Lipinski definition) is 4. The van der Waals surface area contributed by atoms with Crippen LogP contribution < -0.4 is 10.9 Å². The highest BCUT2D eigenvalue weighted by Crippen LogP contribution is 2.37. The molecule has 3 heterocycles. The van der Waals surface area contributed by atoms with Gasteiger partial charge in [-0.05, 0) is 49.4 Å². The fourth-order valence-electron chi connectivity index (χ4n) is 3.85. The van der Waals surface area contributed by atoms with Gasteiger partial charge in [-0.25, -0.2) is 0 Å². The third kappa shape index (κ3) is 3.09. The molecule has 2 aromatic rings. The van der Waals surface area contributed by atoms with E-state index in [9.17, 15) is 9.59 Å². The lowest BCUT2D eigenvalue weighted by atomic mass is 9.78. The van der Waals surface area contributed by atoms with Crippen molar-refractivity contribution in [3.8, 4) is 5.69 Å². The average molecular weight is 338 g/mol. The second-order valence-corrected chi connectivity index (χ2v) is 7.02. The summed E-state index contributed by atoms with van der Waals surface area (Å²) in [7, 11) is 0. The third-order valence-corrected chi connectivity index (χ3v) is 5.46. The number of carbonyl (C=O) groups excluding carboxylic acids is 1. The van der Waals surface area contributed by atoms with Gasteiger partial charge in [-0.15, -0.1) is 0 Å². The van der Waals surface area contributed by atoms with Crippen molar-refractivity contribution in [1.29, 1.82) is 0 Å². The first-order valence-corrected chi connectivity index (χ1v) is 8.83. The highest BCUT2D eigenvalue weighted by atomic mass is 16.2. The summed E-state index contributed by atoms with van der Waals surface area (Å²) in [5, 5.41) is 7.74. The monoisotopic (exact) mass is 338 g/mol. The Morgan fingerprint density at radius 3 is 2.48 bits per heavy atom. The molecule has 2 aliphatic rings. The Morgan fingerprint density at radius 1 is 1.04 bits per heavy atom. The van der Waals surface area contributed by atoms with Crippen molar-refractivity contribution in [3.63, 3.8) is 0 Å². The fourth-order valence-corrected chi connectivity index (χ4v) is 3.85. The van der Waals surface area contributed by atoms with Crippen LogP contribution in [0.2, 0.25) is 0 Å². The van der Waals surface area contributed by atoms with Gasteiger partial charge in [0.2, 0.25) is 0 Å². The maximum absolute atomic E-state index is 12.8. The van der Waals surface area contributed by atoms with Gasteiger partial charge in [-0.3, -0.25) is 9.59 Å². The molecule has 1 aromatic heterocycles. The highest BCUT2D eigenvalue weighted by Gasteiger charge is 2.38. The molecule has 0 unspecified atom stereocenters. The van der Waals surface area contributed by atoms with Crippen LogP contribution in [0.5, 0.6) is 0 Å². The molecule has 130 valence electrons. The molecule has 0 bridgehead atoms. The Hall–Kier alpha value is -2.47.